The first-order valence-electron chi connectivity index (χ1n) is 15.3. The number of hydrogen-bond donors (Lipinski definition) is 1. The van der Waals surface area contributed by atoms with E-state index in [0.29, 0.717) is 63.2 Å². The number of nitrogens with one attached hydrogen (secondary N) is 1. The molecule has 0 saturated carbocycles. The van der Waals surface area contributed by atoms with Crippen LogP contribution >= 0.6 is 0 Å². The van der Waals surface area contributed by atoms with Gasteiger partial charge in [0, 0.05) is 57.7 Å². The Kier molecular flexibility index (Phi) is 12.7. The summed E-state index contributed by atoms with van der Waals surface area (Å²) in [6.07, 6.45) is 7.76. The largest absolute Gasteiger partial charge is 0.372 e. The van der Waals surface area contributed by atoms with E-state index in [9.17, 15) is 22.0 Å². The number of rotatable bonds is 9. The van der Waals surface area contributed by atoms with Gasteiger partial charge in [-0.15, -0.1) is 0 Å². The lowest BCUT2D eigenvalue weighted by Gasteiger charge is -2.34. The predicted octanol–water partition coefficient (Wildman–Crippen LogP) is 5.07. The Morgan fingerprint density at radius 1 is 0.870 bits per heavy atom. The van der Waals surface area contributed by atoms with Crippen LogP contribution in [0.1, 0.15) is 43.5 Å². The first-order valence-corrected chi connectivity index (χ1v) is 16.8. The van der Waals surface area contributed by atoms with E-state index in [1.807, 2.05) is 37.3 Å². The SMILES string of the molecule is CCC(F)c1ccc(CNC=O)cc1.CF.O=S(=O)(c1ccc(N2CCCC2)cc1)N1CCN(c2cnc3cnccc3n2)CC1. The fourth-order valence-electron chi connectivity index (χ4n) is 5.36. The molecule has 0 bridgehead atoms. The summed E-state index contributed by atoms with van der Waals surface area (Å²) in [4.78, 5) is 27.9. The van der Waals surface area contributed by atoms with E-state index in [-0.39, 0.29) is 0 Å². The molecule has 13 heteroatoms. The minimum absolute atomic E-state index is 0.358. The second-order valence-corrected chi connectivity index (χ2v) is 12.7. The van der Waals surface area contributed by atoms with Gasteiger partial charge in [0.05, 0.1) is 30.0 Å². The van der Waals surface area contributed by atoms with Gasteiger partial charge in [-0.25, -0.2) is 22.8 Å². The number of amides is 1. The zero-order chi connectivity index (χ0) is 32.9. The number of alkyl halides is 2. The van der Waals surface area contributed by atoms with Crippen LogP contribution in [-0.4, -0.2) is 80.5 Å². The number of sulfonamides is 1. The molecule has 10 nitrogen and oxygen atoms in total. The van der Waals surface area contributed by atoms with E-state index in [2.05, 4.69) is 30.1 Å². The summed E-state index contributed by atoms with van der Waals surface area (Å²) in [5.74, 6) is 0.765. The first kappa shape index (κ1) is 34.6. The second-order valence-electron chi connectivity index (χ2n) is 10.8. The Bertz CT molecular complexity index is 1630. The Hall–Kier alpha value is -4.23. The minimum Gasteiger partial charge on any atom is -0.372 e. The van der Waals surface area contributed by atoms with Crippen molar-refractivity contribution in [2.45, 2.75) is 43.8 Å². The number of halogens is 2. The minimum atomic E-state index is -3.50. The maximum absolute atomic E-state index is 13.2. The summed E-state index contributed by atoms with van der Waals surface area (Å²) in [6.45, 7) is 6.40. The smallest absolute Gasteiger partial charge is 0.243 e. The molecule has 0 spiro atoms. The summed E-state index contributed by atoms with van der Waals surface area (Å²) in [6, 6.07) is 16.3. The number of anilines is 2. The molecule has 1 N–H and O–H groups in total. The number of aromatic nitrogens is 3. The van der Waals surface area contributed by atoms with Crippen LogP contribution in [0.4, 0.5) is 20.3 Å². The molecule has 1 amide bonds. The quantitative estimate of drug-likeness (QED) is 0.249. The number of carbonyl (C=O) groups excluding carboxylic acids is 1. The molecule has 2 aromatic carbocycles. The van der Waals surface area contributed by atoms with Gasteiger partial charge in [0.2, 0.25) is 16.4 Å². The average molecular weight is 654 g/mol. The number of piperazine rings is 1. The summed E-state index contributed by atoms with van der Waals surface area (Å²) in [5, 5.41) is 2.55. The van der Waals surface area contributed by atoms with Crippen LogP contribution in [0.3, 0.4) is 0 Å². The monoisotopic (exact) mass is 653 g/mol. The number of benzene rings is 2. The highest BCUT2D eigenvalue weighted by Crippen LogP contribution is 2.25. The van der Waals surface area contributed by atoms with Gasteiger partial charge < -0.3 is 15.1 Å². The lowest BCUT2D eigenvalue weighted by atomic mass is 10.1. The third-order valence-corrected chi connectivity index (χ3v) is 9.84. The van der Waals surface area contributed by atoms with Crippen molar-refractivity contribution in [3.63, 3.8) is 0 Å². The van der Waals surface area contributed by atoms with E-state index in [0.717, 1.165) is 41.2 Å². The van der Waals surface area contributed by atoms with E-state index in [4.69, 9.17) is 0 Å². The molecule has 0 radical (unpaired) electrons. The van der Waals surface area contributed by atoms with Crippen molar-refractivity contribution in [1.82, 2.24) is 24.6 Å². The highest BCUT2D eigenvalue weighted by atomic mass is 32.2. The number of carbonyl (C=O) groups is 1. The predicted molar refractivity (Wildman–Crippen MR) is 177 cm³/mol. The first-order chi connectivity index (χ1) is 22.4. The van der Waals surface area contributed by atoms with Crippen molar-refractivity contribution in [2.24, 2.45) is 0 Å². The fraction of sp³-hybridized carbons (Fsp3) is 0.394. The maximum atomic E-state index is 13.2. The van der Waals surface area contributed by atoms with Gasteiger partial charge >= 0.3 is 0 Å². The number of fused-ring (bicyclic) bond motifs is 1. The van der Waals surface area contributed by atoms with Gasteiger partial charge in [-0.2, -0.15) is 4.31 Å². The standard InChI is InChI=1S/C21H24N6O2S.C11H14FNO.CH3F/c28-30(29,18-5-3-17(4-6-18)25-9-1-2-10-25)27-13-11-26(12-14-27)21-16-23-20-15-22-8-7-19(20)24-21;1-2-11(12)10-5-3-9(4-6-10)7-13-8-14;1-2/h3-8,15-16H,1-2,9-14H2;3-6,8,11H,2,7H2,1H3,(H,13,14);1H3. The molecule has 2 saturated heterocycles. The molecule has 0 aliphatic carbocycles. The molecule has 4 heterocycles. The molecule has 2 fully saturated rings. The van der Waals surface area contributed by atoms with Crippen LogP contribution in [0.2, 0.25) is 0 Å². The topological polar surface area (TPSA) is 112 Å². The van der Waals surface area contributed by atoms with Gasteiger partial charge in [-0.1, -0.05) is 31.2 Å². The Morgan fingerprint density at radius 2 is 1.54 bits per heavy atom. The highest BCUT2D eigenvalue weighted by Gasteiger charge is 2.29. The van der Waals surface area contributed by atoms with E-state index in [1.54, 1.807) is 47.2 Å². The Morgan fingerprint density at radius 3 is 2.17 bits per heavy atom. The van der Waals surface area contributed by atoms with Crippen LogP contribution < -0.4 is 15.1 Å². The molecule has 2 aliphatic heterocycles. The Balaban J connectivity index is 0.000000253. The van der Waals surface area contributed by atoms with E-state index in [1.165, 1.54) is 12.8 Å². The maximum Gasteiger partial charge on any atom is 0.243 e. The molecule has 2 aliphatic rings. The van der Waals surface area contributed by atoms with Gasteiger partial charge in [0.25, 0.3) is 0 Å². The van der Waals surface area contributed by atoms with Crippen LogP contribution in [0, 0.1) is 0 Å². The third kappa shape index (κ3) is 8.73. The van der Waals surface area contributed by atoms with Crippen molar-refractivity contribution in [3.8, 4) is 0 Å². The lowest BCUT2D eigenvalue weighted by Crippen LogP contribution is -2.48. The lowest BCUT2D eigenvalue weighted by molar-refractivity contribution is -0.109. The molecular weight excluding hydrogens is 612 g/mol. The van der Waals surface area contributed by atoms with Crippen LogP contribution in [0.25, 0.3) is 11.0 Å². The van der Waals surface area contributed by atoms with Crippen molar-refractivity contribution in [1.29, 1.82) is 0 Å². The van der Waals surface area contributed by atoms with Gasteiger partial charge in [-0.3, -0.25) is 14.2 Å². The summed E-state index contributed by atoms with van der Waals surface area (Å²) >= 11 is 0. The third-order valence-electron chi connectivity index (χ3n) is 7.93. The van der Waals surface area contributed by atoms with Crippen LogP contribution in [0.15, 0.2) is 78.1 Å². The molecule has 246 valence electrons. The summed E-state index contributed by atoms with van der Waals surface area (Å²) in [7, 11) is -3.00. The molecule has 2 aromatic heterocycles. The zero-order valence-corrected chi connectivity index (χ0v) is 27.0. The van der Waals surface area contributed by atoms with E-state index >= 15 is 0 Å². The number of nitrogens with zero attached hydrogens (tertiary/aromatic N) is 6. The van der Waals surface area contributed by atoms with Gasteiger partial charge in [0.15, 0.2) is 0 Å². The second kappa shape index (κ2) is 16.9. The summed E-state index contributed by atoms with van der Waals surface area (Å²) in [5.41, 5.74) is 4.31. The zero-order valence-electron chi connectivity index (χ0n) is 26.2. The molecule has 1 atom stereocenters. The highest BCUT2D eigenvalue weighted by molar-refractivity contribution is 7.89. The van der Waals surface area contributed by atoms with Gasteiger partial charge in [-0.05, 0) is 60.7 Å². The average Bonchev–Trinajstić information content (AvgIpc) is 3.67. The van der Waals surface area contributed by atoms with Crippen molar-refractivity contribution in [3.05, 3.63) is 84.3 Å². The fourth-order valence-corrected chi connectivity index (χ4v) is 6.78. The van der Waals surface area contributed by atoms with Gasteiger partial charge in [0.1, 0.15) is 17.5 Å². The van der Waals surface area contributed by atoms with Crippen LogP contribution in [-0.2, 0) is 21.4 Å². The number of pyridine rings is 1. The molecular formula is C33H41F2N7O3S. The number of hydrogen-bond acceptors (Lipinski definition) is 8. The molecule has 1 unspecified atom stereocenters. The van der Waals surface area contributed by atoms with Crippen LogP contribution in [0.5, 0.6) is 0 Å². The normalized spacial score (nSPS) is 15.7. The molecule has 6 rings (SSSR count). The van der Waals surface area contributed by atoms with Crippen molar-refractivity contribution < 1.29 is 22.0 Å². The van der Waals surface area contributed by atoms with E-state index < -0.39 is 16.2 Å². The van der Waals surface area contributed by atoms with Crippen molar-refractivity contribution in [2.75, 3.05) is 56.2 Å². The molecule has 46 heavy (non-hydrogen) atoms. The van der Waals surface area contributed by atoms with Crippen molar-refractivity contribution >= 4 is 39.0 Å². The molecule has 4 aromatic rings. The Labute approximate surface area is 269 Å². The summed E-state index contributed by atoms with van der Waals surface area (Å²) < 4.78 is 50.4.